The Morgan fingerprint density at radius 2 is 1.89 bits per heavy atom. The molecule has 2 aromatic carbocycles. The molecule has 11 nitrogen and oxygen atoms in total. The minimum atomic E-state index is -0.325. The van der Waals surface area contributed by atoms with E-state index in [1.807, 2.05) is 55.5 Å². The molecular formula is C34H34ClN7O4S. The van der Waals surface area contributed by atoms with Gasteiger partial charge in [-0.25, -0.2) is 9.67 Å². The summed E-state index contributed by atoms with van der Waals surface area (Å²) in [5, 5.41) is 13.5. The van der Waals surface area contributed by atoms with Crippen LogP contribution in [0.25, 0.3) is 0 Å². The van der Waals surface area contributed by atoms with Crippen molar-refractivity contribution >= 4 is 41.0 Å². The zero-order chi connectivity index (χ0) is 33.1. The van der Waals surface area contributed by atoms with E-state index in [9.17, 15) is 9.59 Å². The number of aryl methyl sites for hydroxylation is 2. The van der Waals surface area contributed by atoms with E-state index in [2.05, 4.69) is 20.5 Å². The first kappa shape index (κ1) is 32.1. The van der Waals surface area contributed by atoms with Crippen LogP contribution >= 0.6 is 23.4 Å². The van der Waals surface area contributed by atoms with Crippen LogP contribution in [0, 0.1) is 6.92 Å². The van der Waals surface area contributed by atoms with E-state index >= 15 is 0 Å². The van der Waals surface area contributed by atoms with Crippen LogP contribution in [0.5, 0.6) is 11.5 Å². The molecule has 1 aliphatic heterocycles. The van der Waals surface area contributed by atoms with Gasteiger partial charge in [0.1, 0.15) is 28.0 Å². The van der Waals surface area contributed by atoms with Gasteiger partial charge in [-0.3, -0.25) is 14.3 Å². The highest BCUT2D eigenvalue weighted by Gasteiger charge is 2.31. The monoisotopic (exact) mass is 671 g/mol. The molecular weight excluding hydrogens is 638 g/mol. The summed E-state index contributed by atoms with van der Waals surface area (Å²) in [6.07, 6.45) is 2.21. The van der Waals surface area contributed by atoms with Gasteiger partial charge in [0.15, 0.2) is 0 Å². The summed E-state index contributed by atoms with van der Waals surface area (Å²) in [5.41, 5.74) is 5.11. The van der Waals surface area contributed by atoms with Gasteiger partial charge in [0.2, 0.25) is 0 Å². The lowest BCUT2D eigenvalue weighted by atomic mass is 10.0. The third-order valence-electron chi connectivity index (χ3n) is 7.92. The van der Waals surface area contributed by atoms with Crippen LogP contribution in [0.2, 0.25) is 5.02 Å². The lowest BCUT2D eigenvalue weighted by Crippen LogP contribution is -2.37. The van der Waals surface area contributed by atoms with Crippen molar-refractivity contribution in [2.24, 2.45) is 7.05 Å². The minimum absolute atomic E-state index is 0.154. The third kappa shape index (κ3) is 6.98. The number of rotatable bonds is 10. The van der Waals surface area contributed by atoms with Crippen molar-refractivity contribution in [2.45, 2.75) is 37.2 Å². The second kappa shape index (κ2) is 13.9. The molecule has 3 aromatic heterocycles. The molecule has 0 unspecified atom stereocenters. The number of hydrogen-bond acceptors (Lipinski definition) is 8. The number of halogens is 1. The highest BCUT2D eigenvalue weighted by Crippen LogP contribution is 2.33. The van der Waals surface area contributed by atoms with E-state index in [-0.39, 0.29) is 18.4 Å². The maximum Gasteiger partial charge on any atom is 0.275 e. The van der Waals surface area contributed by atoms with Crippen LogP contribution in [-0.2, 0) is 32.3 Å². The Morgan fingerprint density at radius 3 is 2.68 bits per heavy atom. The number of aromatic nitrogens is 5. The van der Waals surface area contributed by atoms with Crippen molar-refractivity contribution in [1.29, 1.82) is 0 Å². The molecule has 0 saturated carbocycles. The summed E-state index contributed by atoms with van der Waals surface area (Å²) >= 11 is 7.65. The van der Waals surface area contributed by atoms with Crippen molar-refractivity contribution in [3.05, 3.63) is 111 Å². The number of thioether (sulfide) groups is 1. The SMILES string of the molecule is COc1ccc(CSc2ncccc2C(=O)N2CCc3nn(C)c(C(=O)Nc4cc(C)nn4Cc4cccc(Cl)c4)c3C2)c(OC)c1. The molecule has 0 radical (unpaired) electrons. The lowest BCUT2D eigenvalue weighted by Gasteiger charge is -2.27. The zero-order valence-electron chi connectivity index (χ0n) is 26.5. The standard InChI is InChI=1S/C34H34ClN7O4S/c1-21-15-30(42(38-21)18-22-7-5-8-24(35)16-22)37-32(43)31-27-19-41(14-12-28(27)39-40(31)2)34(44)26-9-6-13-36-33(26)47-20-23-10-11-25(45-3)17-29(23)46-4/h5-11,13,15-17H,12,14,18-20H2,1-4H3,(H,37,43). The summed E-state index contributed by atoms with van der Waals surface area (Å²) in [7, 11) is 4.98. The van der Waals surface area contributed by atoms with Gasteiger partial charge in [-0.2, -0.15) is 10.2 Å². The molecule has 4 heterocycles. The summed E-state index contributed by atoms with van der Waals surface area (Å²) in [6, 6.07) is 18.6. The maximum atomic E-state index is 14.0. The van der Waals surface area contributed by atoms with Crippen LogP contribution in [0.3, 0.4) is 0 Å². The fraction of sp³-hybridized carbons (Fsp3) is 0.265. The predicted molar refractivity (Wildman–Crippen MR) is 180 cm³/mol. The first-order chi connectivity index (χ1) is 22.7. The molecule has 47 heavy (non-hydrogen) atoms. The van der Waals surface area contributed by atoms with Gasteiger partial charge in [0.05, 0.1) is 44.3 Å². The van der Waals surface area contributed by atoms with Gasteiger partial charge in [0.25, 0.3) is 11.8 Å². The van der Waals surface area contributed by atoms with Crippen LogP contribution in [-0.4, -0.2) is 62.0 Å². The molecule has 1 aliphatic rings. The Balaban J connectivity index is 1.19. The number of anilines is 1. The number of pyridine rings is 1. The van der Waals surface area contributed by atoms with Gasteiger partial charge in [-0.1, -0.05) is 29.8 Å². The number of amides is 2. The van der Waals surface area contributed by atoms with Crippen molar-refractivity contribution in [3.63, 3.8) is 0 Å². The summed E-state index contributed by atoms with van der Waals surface area (Å²) in [6.45, 7) is 3.03. The molecule has 0 atom stereocenters. The quantitative estimate of drug-likeness (QED) is 0.186. The average Bonchev–Trinajstić information content (AvgIpc) is 3.59. The Morgan fingerprint density at radius 1 is 1.04 bits per heavy atom. The van der Waals surface area contributed by atoms with Crippen molar-refractivity contribution in [1.82, 2.24) is 29.4 Å². The fourth-order valence-electron chi connectivity index (χ4n) is 5.67. The van der Waals surface area contributed by atoms with E-state index < -0.39 is 0 Å². The molecule has 0 saturated heterocycles. The van der Waals surface area contributed by atoms with E-state index in [1.165, 1.54) is 11.8 Å². The molecule has 0 bridgehead atoms. The Hall–Kier alpha value is -4.81. The first-order valence-electron chi connectivity index (χ1n) is 15.0. The number of carbonyl (C=O) groups is 2. The van der Waals surface area contributed by atoms with Crippen molar-refractivity contribution in [2.75, 3.05) is 26.1 Å². The van der Waals surface area contributed by atoms with Crippen LogP contribution in [0.1, 0.15) is 48.9 Å². The van der Waals surface area contributed by atoms with Gasteiger partial charge >= 0.3 is 0 Å². The molecule has 5 aromatic rings. The van der Waals surface area contributed by atoms with E-state index in [0.29, 0.717) is 63.9 Å². The normalized spacial score (nSPS) is 12.5. The number of nitrogens with one attached hydrogen (secondary N) is 1. The Labute approximate surface area is 281 Å². The Bertz CT molecular complexity index is 1960. The minimum Gasteiger partial charge on any atom is -0.497 e. The number of benzene rings is 2. The smallest absolute Gasteiger partial charge is 0.275 e. The lowest BCUT2D eigenvalue weighted by molar-refractivity contribution is 0.0727. The topological polar surface area (TPSA) is 116 Å². The van der Waals surface area contributed by atoms with Crippen LogP contribution in [0.4, 0.5) is 5.82 Å². The number of hydrogen-bond donors (Lipinski definition) is 1. The third-order valence-corrected chi connectivity index (χ3v) is 9.21. The van der Waals surface area contributed by atoms with Gasteiger partial charge in [0, 0.05) is 60.2 Å². The predicted octanol–water partition coefficient (Wildman–Crippen LogP) is 5.78. The van der Waals surface area contributed by atoms with E-state index in [0.717, 1.165) is 28.1 Å². The molecule has 13 heteroatoms. The maximum absolute atomic E-state index is 14.0. The number of fused-ring (bicyclic) bond motifs is 1. The fourth-order valence-corrected chi connectivity index (χ4v) is 6.85. The van der Waals surface area contributed by atoms with Gasteiger partial charge in [-0.05, 0) is 42.8 Å². The highest BCUT2D eigenvalue weighted by atomic mass is 35.5. The summed E-state index contributed by atoms with van der Waals surface area (Å²) < 4.78 is 14.2. The molecule has 0 spiro atoms. The van der Waals surface area contributed by atoms with Crippen molar-refractivity contribution < 1.29 is 19.1 Å². The van der Waals surface area contributed by atoms with E-state index in [4.69, 9.17) is 21.1 Å². The number of methoxy groups -OCH3 is 2. The van der Waals surface area contributed by atoms with Crippen molar-refractivity contribution in [3.8, 4) is 11.5 Å². The highest BCUT2D eigenvalue weighted by molar-refractivity contribution is 7.98. The average molecular weight is 672 g/mol. The molecule has 6 rings (SSSR count). The molecule has 0 aliphatic carbocycles. The molecule has 0 fully saturated rings. The summed E-state index contributed by atoms with van der Waals surface area (Å²) in [4.78, 5) is 34.0. The number of ether oxygens (including phenoxy) is 2. The second-order valence-electron chi connectivity index (χ2n) is 11.1. The Kier molecular flexibility index (Phi) is 9.50. The molecule has 2 amide bonds. The molecule has 242 valence electrons. The number of carbonyl (C=O) groups excluding carboxylic acids is 2. The second-order valence-corrected chi connectivity index (χ2v) is 12.5. The zero-order valence-corrected chi connectivity index (χ0v) is 28.1. The largest absolute Gasteiger partial charge is 0.497 e. The first-order valence-corrected chi connectivity index (χ1v) is 16.3. The molecule has 1 N–H and O–H groups in total. The number of nitrogens with zero attached hydrogens (tertiary/aromatic N) is 6. The van der Waals surface area contributed by atoms with E-state index in [1.54, 1.807) is 53.9 Å². The van der Waals surface area contributed by atoms with Gasteiger partial charge in [-0.15, -0.1) is 11.8 Å². The van der Waals surface area contributed by atoms with Gasteiger partial charge < -0.3 is 19.7 Å². The summed E-state index contributed by atoms with van der Waals surface area (Å²) in [5.74, 6) is 2.03. The van der Waals surface area contributed by atoms with Crippen LogP contribution < -0.4 is 14.8 Å². The van der Waals surface area contributed by atoms with Crippen LogP contribution in [0.15, 0.2) is 71.9 Å².